The first-order chi connectivity index (χ1) is 17.8. The molecule has 3 rings (SSSR count). The number of unbranched alkanes of at least 4 members (excludes halogenated alkanes) is 11. The molecule has 1 amide bonds. The number of anilines is 1. The highest BCUT2D eigenvalue weighted by atomic mass is 32.1. The molecule has 0 aliphatic carbocycles. The highest BCUT2D eigenvalue weighted by molar-refractivity contribution is 7.07. The number of ether oxygens (including phenoxy) is 1. The van der Waals surface area contributed by atoms with Crippen LogP contribution in [-0.4, -0.2) is 12.5 Å². The van der Waals surface area contributed by atoms with E-state index in [0.717, 1.165) is 30.0 Å². The zero-order valence-electron chi connectivity index (χ0n) is 21.9. The molecule has 0 atom stereocenters. The standard InChI is InChI=1S/C31H42N2O2S/c1-2-3-4-5-6-7-8-9-10-11-12-15-23-35-29-20-18-28(19-21-29)32-31(34)30-17-14-13-16-27(30)25-33-22-24-36-26-33/h13-14,16-22,24,26H,2-12,15,23,25H2,1H3/p+1. The second kappa shape index (κ2) is 16.9. The first-order valence-corrected chi connectivity index (χ1v) is 14.7. The van der Waals surface area contributed by atoms with E-state index in [1.54, 1.807) is 11.3 Å². The summed E-state index contributed by atoms with van der Waals surface area (Å²) in [5, 5.41) is 5.05. The third kappa shape index (κ3) is 10.5. The number of carbonyl (C=O) groups is 1. The molecule has 0 aliphatic rings. The molecular weight excluding hydrogens is 464 g/mol. The van der Waals surface area contributed by atoms with Gasteiger partial charge in [0.15, 0.2) is 12.7 Å². The molecule has 0 bridgehead atoms. The van der Waals surface area contributed by atoms with Crippen LogP contribution in [0.4, 0.5) is 5.69 Å². The lowest BCUT2D eigenvalue weighted by Crippen LogP contribution is -2.32. The minimum Gasteiger partial charge on any atom is -0.494 e. The molecule has 2 aromatic carbocycles. The molecule has 0 unspecified atom stereocenters. The Morgan fingerprint density at radius 3 is 2.11 bits per heavy atom. The van der Waals surface area contributed by atoms with Crippen LogP contribution in [0.5, 0.6) is 5.75 Å². The lowest BCUT2D eigenvalue weighted by molar-refractivity contribution is -0.683. The fourth-order valence-corrected chi connectivity index (χ4v) is 4.99. The first-order valence-electron chi connectivity index (χ1n) is 13.8. The van der Waals surface area contributed by atoms with Crippen LogP contribution < -0.4 is 14.6 Å². The monoisotopic (exact) mass is 507 g/mol. The number of carbonyl (C=O) groups excluding carboxylic acids is 1. The molecule has 0 radical (unpaired) electrons. The molecule has 3 aromatic rings. The van der Waals surface area contributed by atoms with Crippen LogP contribution in [0.2, 0.25) is 0 Å². The minimum atomic E-state index is -0.0911. The average molecular weight is 508 g/mol. The molecule has 1 heterocycles. The normalized spacial score (nSPS) is 10.9. The predicted octanol–water partition coefficient (Wildman–Crippen LogP) is 8.42. The van der Waals surface area contributed by atoms with Gasteiger partial charge >= 0.3 is 0 Å². The van der Waals surface area contributed by atoms with Gasteiger partial charge in [-0.3, -0.25) is 4.79 Å². The van der Waals surface area contributed by atoms with Crippen molar-refractivity contribution in [2.75, 3.05) is 11.9 Å². The van der Waals surface area contributed by atoms with Gasteiger partial charge in [0.25, 0.3) is 5.91 Å². The third-order valence-electron chi connectivity index (χ3n) is 6.52. The van der Waals surface area contributed by atoms with E-state index in [9.17, 15) is 4.79 Å². The largest absolute Gasteiger partial charge is 0.494 e. The van der Waals surface area contributed by atoms with Gasteiger partial charge in [0.1, 0.15) is 5.75 Å². The molecule has 0 saturated carbocycles. The molecule has 5 heteroatoms. The third-order valence-corrected chi connectivity index (χ3v) is 7.19. The smallest absolute Gasteiger partial charge is 0.256 e. The quantitative estimate of drug-likeness (QED) is 0.139. The van der Waals surface area contributed by atoms with Crippen molar-refractivity contribution in [2.24, 2.45) is 0 Å². The molecule has 0 spiro atoms. The Hall–Kier alpha value is -2.66. The fourth-order valence-electron chi connectivity index (χ4n) is 4.39. The summed E-state index contributed by atoms with van der Waals surface area (Å²) in [5.41, 5.74) is 4.52. The van der Waals surface area contributed by atoms with Crippen LogP contribution in [0.15, 0.2) is 65.6 Å². The van der Waals surface area contributed by atoms with E-state index in [1.165, 1.54) is 70.6 Å². The molecule has 1 aromatic heterocycles. The van der Waals surface area contributed by atoms with Crippen LogP contribution >= 0.6 is 11.3 Å². The maximum absolute atomic E-state index is 12.9. The second-order valence-electron chi connectivity index (χ2n) is 9.57. The Morgan fingerprint density at radius 1 is 0.833 bits per heavy atom. The van der Waals surface area contributed by atoms with E-state index in [-0.39, 0.29) is 5.91 Å². The highest BCUT2D eigenvalue weighted by Crippen LogP contribution is 2.19. The van der Waals surface area contributed by atoms with Crippen molar-refractivity contribution in [3.63, 3.8) is 0 Å². The number of amides is 1. The van der Waals surface area contributed by atoms with Gasteiger partial charge in [0.05, 0.1) is 12.0 Å². The fraction of sp³-hybridized carbons (Fsp3) is 0.484. The van der Waals surface area contributed by atoms with Gasteiger partial charge in [-0.1, -0.05) is 107 Å². The average Bonchev–Trinajstić information content (AvgIpc) is 3.41. The molecular formula is C31H43N2O2S+. The van der Waals surface area contributed by atoms with E-state index in [0.29, 0.717) is 12.1 Å². The maximum atomic E-state index is 12.9. The van der Waals surface area contributed by atoms with Crippen molar-refractivity contribution < 1.29 is 14.1 Å². The van der Waals surface area contributed by atoms with Gasteiger partial charge < -0.3 is 10.1 Å². The van der Waals surface area contributed by atoms with Gasteiger partial charge in [0.2, 0.25) is 5.51 Å². The van der Waals surface area contributed by atoms with Gasteiger partial charge in [-0.2, -0.15) is 4.57 Å². The lowest BCUT2D eigenvalue weighted by Gasteiger charge is -2.10. The summed E-state index contributed by atoms with van der Waals surface area (Å²) in [6.45, 7) is 3.70. The van der Waals surface area contributed by atoms with E-state index < -0.39 is 0 Å². The van der Waals surface area contributed by atoms with Crippen molar-refractivity contribution in [1.29, 1.82) is 0 Å². The number of hydrogen-bond acceptors (Lipinski definition) is 3. The summed E-state index contributed by atoms with van der Waals surface area (Å²) >= 11 is 1.64. The van der Waals surface area contributed by atoms with Crippen molar-refractivity contribution in [3.8, 4) is 5.75 Å². The van der Waals surface area contributed by atoms with Gasteiger partial charge in [-0.05, 0) is 36.8 Å². The van der Waals surface area contributed by atoms with E-state index >= 15 is 0 Å². The summed E-state index contributed by atoms with van der Waals surface area (Å²) in [4.78, 5) is 12.9. The Morgan fingerprint density at radius 2 is 1.47 bits per heavy atom. The predicted molar refractivity (Wildman–Crippen MR) is 151 cm³/mol. The van der Waals surface area contributed by atoms with Crippen LogP contribution in [0, 0.1) is 0 Å². The Labute approximate surface area is 221 Å². The molecule has 4 nitrogen and oxygen atoms in total. The summed E-state index contributed by atoms with van der Waals surface area (Å²) in [7, 11) is 0. The Bertz CT molecular complexity index is 986. The van der Waals surface area contributed by atoms with Gasteiger partial charge in [0, 0.05) is 16.8 Å². The van der Waals surface area contributed by atoms with Gasteiger partial charge in [-0.15, -0.1) is 0 Å². The maximum Gasteiger partial charge on any atom is 0.256 e. The van der Waals surface area contributed by atoms with E-state index in [1.807, 2.05) is 65.6 Å². The van der Waals surface area contributed by atoms with E-state index in [2.05, 4.69) is 16.8 Å². The summed E-state index contributed by atoms with van der Waals surface area (Å²) < 4.78 is 7.99. The van der Waals surface area contributed by atoms with Crippen molar-refractivity contribution in [1.82, 2.24) is 0 Å². The zero-order chi connectivity index (χ0) is 25.3. The number of aromatic nitrogens is 1. The number of nitrogens with zero attached hydrogens (tertiary/aromatic N) is 1. The number of hydrogen-bond donors (Lipinski definition) is 1. The van der Waals surface area contributed by atoms with Crippen LogP contribution in [-0.2, 0) is 6.54 Å². The summed E-state index contributed by atoms with van der Waals surface area (Å²) in [6, 6.07) is 15.4. The number of benzene rings is 2. The van der Waals surface area contributed by atoms with Crippen LogP contribution in [0.25, 0.3) is 0 Å². The number of nitrogens with one attached hydrogen (secondary N) is 1. The molecule has 36 heavy (non-hydrogen) atoms. The van der Waals surface area contributed by atoms with Crippen LogP contribution in [0.1, 0.15) is 99.9 Å². The number of thiazole rings is 1. The highest BCUT2D eigenvalue weighted by Gasteiger charge is 2.14. The molecule has 0 fully saturated rings. The zero-order valence-corrected chi connectivity index (χ0v) is 22.7. The second-order valence-corrected chi connectivity index (χ2v) is 10.3. The minimum absolute atomic E-state index is 0.0911. The Balaban J connectivity index is 1.29. The summed E-state index contributed by atoms with van der Waals surface area (Å²) in [5.74, 6) is 0.761. The van der Waals surface area contributed by atoms with Gasteiger partial charge in [-0.25, -0.2) is 0 Å². The van der Waals surface area contributed by atoms with Crippen molar-refractivity contribution in [2.45, 2.75) is 90.5 Å². The first kappa shape index (κ1) is 27.9. The molecule has 194 valence electrons. The Kier molecular flexibility index (Phi) is 13.1. The topological polar surface area (TPSA) is 42.2 Å². The summed E-state index contributed by atoms with van der Waals surface area (Å²) in [6.07, 6.45) is 18.1. The molecule has 1 N–H and O–H groups in total. The molecule has 0 saturated heterocycles. The van der Waals surface area contributed by atoms with E-state index in [4.69, 9.17) is 4.74 Å². The van der Waals surface area contributed by atoms with Crippen LogP contribution in [0.3, 0.4) is 0 Å². The molecule has 0 aliphatic heterocycles. The van der Waals surface area contributed by atoms with Crippen molar-refractivity contribution in [3.05, 3.63) is 76.7 Å². The SMILES string of the molecule is CCCCCCCCCCCCCCOc1ccc(NC(=O)c2ccccc2C[n+]2ccsc2)cc1. The van der Waals surface area contributed by atoms with Crippen molar-refractivity contribution >= 4 is 22.9 Å². The lowest BCUT2D eigenvalue weighted by atomic mass is 10.1. The number of rotatable bonds is 18.